The van der Waals surface area contributed by atoms with E-state index in [1.807, 2.05) is 0 Å². The van der Waals surface area contributed by atoms with Gasteiger partial charge in [0.15, 0.2) is 6.10 Å². The molecule has 5 unspecified atom stereocenters. The Morgan fingerprint density at radius 2 is 0.495 bits per heavy atom. The maximum absolute atomic E-state index is 13.0. The van der Waals surface area contributed by atoms with Crippen molar-refractivity contribution in [2.45, 2.75) is 360 Å². The van der Waals surface area contributed by atoms with Gasteiger partial charge in [-0.15, -0.1) is 0 Å². The molecule has 4 N–H and O–H groups in total. The number of aliphatic hydroxyl groups excluding tert-OH is 2. The van der Waals surface area contributed by atoms with E-state index in [9.17, 15) is 43.5 Å². The molecular formula is C89H152O16P2. The Bertz CT molecular complexity index is 2530. The van der Waals surface area contributed by atoms with Crippen LogP contribution in [0.25, 0.3) is 0 Å². The maximum atomic E-state index is 13.0. The molecule has 0 aromatic heterocycles. The molecule has 0 aliphatic carbocycles. The fourth-order valence-electron chi connectivity index (χ4n) is 11.2. The molecule has 0 fully saturated rings. The molecule has 5 atom stereocenters. The molecule has 107 heavy (non-hydrogen) atoms. The number of carbonyl (C=O) groups is 3. The molecule has 0 aliphatic rings. The Morgan fingerprint density at radius 1 is 0.271 bits per heavy atom. The van der Waals surface area contributed by atoms with Crippen molar-refractivity contribution in [1.29, 1.82) is 0 Å². The largest absolute Gasteiger partial charge is 0.472 e. The van der Waals surface area contributed by atoms with Crippen molar-refractivity contribution in [3.63, 3.8) is 0 Å². The van der Waals surface area contributed by atoms with E-state index >= 15 is 0 Å². The zero-order valence-corrected chi connectivity index (χ0v) is 69.1. The van der Waals surface area contributed by atoms with Crippen molar-refractivity contribution in [2.24, 2.45) is 0 Å². The van der Waals surface area contributed by atoms with Crippen LogP contribution in [0.1, 0.15) is 342 Å². The van der Waals surface area contributed by atoms with Gasteiger partial charge < -0.3 is 34.2 Å². The normalized spacial score (nSPS) is 14.6. The lowest BCUT2D eigenvalue weighted by atomic mass is 10.0. The Hall–Kier alpha value is -4.57. The molecule has 0 heterocycles. The Balaban J connectivity index is 4.47. The average Bonchev–Trinajstić information content (AvgIpc) is 0.908. The summed E-state index contributed by atoms with van der Waals surface area (Å²) in [6.45, 7) is 2.42. The molecule has 16 nitrogen and oxygen atoms in total. The van der Waals surface area contributed by atoms with E-state index in [2.05, 4.69) is 167 Å². The average molecular weight is 1540 g/mol. The highest BCUT2D eigenvalue weighted by molar-refractivity contribution is 7.47. The quantitative estimate of drug-likeness (QED) is 0.0146. The van der Waals surface area contributed by atoms with Gasteiger partial charge in [0.2, 0.25) is 0 Å². The third-order valence-corrected chi connectivity index (χ3v) is 19.4. The standard InChI is InChI=1S/C89H152O16P2/c1-4-7-10-13-16-19-22-25-28-30-32-34-36-37-38-39-40-41-42-43-44-45-47-49-50-52-55-57-60-63-66-69-72-75-87(92)99-78-84(90)79-101-106(95,96)102-80-85(91)81-103-107(97,98)104-83-86(105-89(94)77-74-71-68-65-62-59-54-27-24-21-18-15-12-9-6-3)82-100-88(93)76-73-70-67-64-61-58-56-53-51-48-46-35-33-31-29-26-23-20-17-14-11-8-5-2/h7,9-10,12,16-21,25-29,32-35,37-38,48,51,54,84-86,90-91H,4-6,8,11,13-15,22-24,30-31,36,39-47,49-50,52-53,55-83H2,1-3H3,(H,95,96)(H,97,98)/b10-7-,12-9-,19-16-,20-17-,21-18-,28-25-,29-26-,34-32-,35-33-,38-37-,51-48-,54-27-. The van der Waals surface area contributed by atoms with Crippen LogP contribution in [0.3, 0.4) is 0 Å². The van der Waals surface area contributed by atoms with Gasteiger partial charge in [0.1, 0.15) is 25.4 Å². The molecular weight excluding hydrogens is 1390 g/mol. The molecule has 614 valence electrons. The molecule has 0 saturated carbocycles. The van der Waals surface area contributed by atoms with E-state index in [0.717, 1.165) is 167 Å². The first-order valence-corrected chi connectivity index (χ1v) is 45.1. The Kier molecular flexibility index (Phi) is 77.5. The van der Waals surface area contributed by atoms with Gasteiger partial charge >= 0.3 is 33.6 Å². The van der Waals surface area contributed by atoms with Gasteiger partial charge in [0.25, 0.3) is 0 Å². The highest BCUT2D eigenvalue weighted by Crippen LogP contribution is 2.45. The smallest absolute Gasteiger partial charge is 0.463 e. The zero-order valence-electron chi connectivity index (χ0n) is 67.3. The van der Waals surface area contributed by atoms with Crippen LogP contribution in [0.15, 0.2) is 146 Å². The molecule has 0 amide bonds. The molecule has 0 aromatic rings. The number of rotatable bonds is 79. The second-order valence-corrected chi connectivity index (χ2v) is 30.8. The van der Waals surface area contributed by atoms with E-state index in [4.69, 9.17) is 32.3 Å². The van der Waals surface area contributed by atoms with Crippen molar-refractivity contribution in [2.75, 3.05) is 39.6 Å². The first kappa shape index (κ1) is 102. The molecule has 18 heteroatoms. The summed E-state index contributed by atoms with van der Waals surface area (Å²) in [5.41, 5.74) is 0. The van der Waals surface area contributed by atoms with Crippen molar-refractivity contribution < 1.29 is 75.8 Å². The minimum atomic E-state index is -4.94. The molecule has 0 radical (unpaired) electrons. The number of ether oxygens (including phenoxy) is 3. The summed E-state index contributed by atoms with van der Waals surface area (Å²) < 4.78 is 61.2. The Morgan fingerprint density at radius 3 is 0.785 bits per heavy atom. The van der Waals surface area contributed by atoms with Gasteiger partial charge in [-0.1, -0.05) is 327 Å². The first-order chi connectivity index (χ1) is 52.2. The van der Waals surface area contributed by atoms with Crippen LogP contribution in [-0.4, -0.2) is 95.9 Å². The van der Waals surface area contributed by atoms with Crippen LogP contribution in [-0.2, 0) is 55.8 Å². The van der Waals surface area contributed by atoms with Gasteiger partial charge in [-0.05, 0) is 141 Å². The number of carbonyl (C=O) groups excluding carboxylic acids is 3. The van der Waals surface area contributed by atoms with Crippen molar-refractivity contribution in [3.8, 4) is 0 Å². The predicted molar refractivity (Wildman–Crippen MR) is 445 cm³/mol. The highest BCUT2D eigenvalue weighted by Gasteiger charge is 2.29. The topological polar surface area (TPSA) is 231 Å². The lowest BCUT2D eigenvalue weighted by Crippen LogP contribution is -2.30. The van der Waals surface area contributed by atoms with Gasteiger partial charge in [-0.25, -0.2) is 9.13 Å². The van der Waals surface area contributed by atoms with E-state index < -0.39 is 91.5 Å². The number of hydrogen-bond acceptors (Lipinski definition) is 14. The van der Waals surface area contributed by atoms with Gasteiger partial charge in [0, 0.05) is 19.3 Å². The van der Waals surface area contributed by atoms with Crippen LogP contribution in [0.4, 0.5) is 0 Å². The summed E-state index contributed by atoms with van der Waals surface area (Å²) in [4.78, 5) is 58.7. The fraction of sp³-hybridized carbons (Fsp3) is 0.697. The Labute approximate surface area is 651 Å². The molecule has 0 spiro atoms. The number of phosphoric ester groups is 2. The van der Waals surface area contributed by atoms with Crippen LogP contribution >= 0.6 is 15.6 Å². The number of phosphoric acid groups is 2. The van der Waals surface area contributed by atoms with Crippen molar-refractivity contribution in [1.82, 2.24) is 0 Å². The third-order valence-electron chi connectivity index (χ3n) is 17.5. The van der Waals surface area contributed by atoms with Gasteiger partial charge in [-0.3, -0.25) is 32.5 Å². The summed E-state index contributed by atoms with van der Waals surface area (Å²) in [5, 5.41) is 20.7. The first-order valence-electron chi connectivity index (χ1n) is 42.1. The molecule has 0 bridgehead atoms. The fourth-order valence-corrected chi connectivity index (χ4v) is 12.8. The van der Waals surface area contributed by atoms with Crippen LogP contribution in [0.2, 0.25) is 0 Å². The molecule has 0 aromatic carbocycles. The number of allylic oxidation sites excluding steroid dienone is 24. The number of unbranched alkanes of at least 4 members (excludes halogenated alkanes) is 32. The predicted octanol–water partition coefficient (Wildman–Crippen LogP) is 25.2. The number of esters is 3. The SMILES string of the molecule is CC/C=C\C/C=C\C/C=C\C/C=C\C/C=C\CCCCCCCCCCCCCCCCCCCC(=O)OCC(O)COP(=O)(O)OCC(O)COP(=O)(O)OCC(COC(=O)CCCCCCCCC/C=C\C/C=C\C/C=C\C/C=C\CCCCC)OC(=O)CCCCCCC/C=C\C/C=C\C/C=C\CC. The van der Waals surface area contributed by atoms with E-state index in [-0.39, 0.29) is 19.3 Å². The zero-order chi connectivity index (χ0) is 78.0. The minimum Gasteiger partial charge on any atom is -0.463 e. The summed E-state index contributed by atoms with van der Waals surface area (Å²) in [6.07, 6.45) is 100. The number of hydrogen-bond donors (Lipinski definition) is 4. The second-order valence-electron chi connectivity index (χ2n) is 27.9. The minimum absolute atomic E-state index is 0.0797. The van der Waals surface area contributed by atoms with Crippen LogP contribution in [0, 0.1) is 0 Å². The summed E-state index contributed by atoms with van der Waals surface area (Å²) in [6, 6.07) is 0. The second kappa shape index (κ2) is 80.9. The summed E-state index contributed by atoms with van der Waals surface area (Å²) >= 11 is 0. The van der Waals surface area contributed by atoms with Gasteiger partial charge in [0.05, 0.1) is 26.4 Å². The monoisotopic (exact) mass is 1540 g/mol. The number of aliphatic hydroxyl groups is 2. The lowest BCUT2D eigenvalue weighted by molar-refractivity contribution is -0.161. The van der Waals surface area contributed by atoms with E-state index in [1.165, 1.54) is 116 Å². The van der Waals surface area contributed by atoms with Crippen LogP contribution < -0.4 is 0 Å². The highest BCUT2D eigenvalue weighted by atomic mass is 31.2. The van der Waals surface area contributed by atoms with Crippen molar-refractivity contribution >= 4 is 33.6 Å². The third kappa shape index (κ3) is 82.2. The molecule has 0 saturated heterocycles. The summed E-state index contributed by atoms with van der Waals surface area (Å²) in [5.74, 6) is -1.60. The lowest BCUT2D eigenvalue weighted by Gasteiger charge is -2.21. The molecule has 0 aliphatic heterocycles. The maximum Gasteiger partial charge on any atom is 0.472 e. The van der Waals surface area contributed by atoms with Crippen molar-refractivity contribution in [3.05, 3.63) is 146 Å². The molecule has 0 rings (SSSR count). The van der Waals surface area contributed by atoms with Gasteiger partial charge in [-0.2, -0.15) is 0 Å². The van der Waals surface area contributed by atoms with E-state index in [0.29, 0.717) is 19.3 Å². The summed E-state index contributed by atoms with van der Waals surface area (Å²) in [7, 11) is -9.80. The van der Waals surface area contributed by atoms with Crippen LogP contribution in [0.5, 0.6) is 0 Å². The van der Waals surface area contributed by atoms with E-state index in [1.54, 1.807) is 0 Å².